The minimum absolute atomic E-state index is 0.237. The number of hydrogen-bond acceptors (Lipinski definition) is 6. The highest BCUT2D eigenvalue weighted by molar-refractivity contribution is 5.42. The fourth-order valence-electron chi connectivity index (χ4n) is 4.24. The number of nitrogens with zero attached hydrogens (tertiary/aromatic N) is 4. The maximum absolute atomic E-state index is 5.99. The third kappa shape index (κ3) is 4.24. The van der Waals surface area contributed by atoms with E-state index >= 15 is 0 Å². The van der Waals surface area contributed by atoms with Gasteiger partial charge in [-0.3, -0.25) is 0 Å². The number of anilines is 2. The predicted octanol–water partition coefficient (Wildman–Crippen LogP) is 3.20. The van der Waals surface area contributed by atoms with Crippen molar-refractivity contribution in [2.24, 2.45) is 5.92 Å². The Morgan fingerprint density at radius 3 is 2.78 bits per heavy atom. The van der Waals surface area contributed by atoms with Crippen molar-refractivity contribution in [1.29, 1.82) is 0 Å². The molecular weight excluding hydrogens is 340 g/mol. The molecule has 2 aliphatic heterocycles. The molecule has 0 amide bonds. The summed E-state index contributed by atoms with van der Waals surface area (Å²) in [5.41, 5.74) is 0. The highest BCUT2D eigenvalue weighted by Crippen LogP contribution is 2.28. The first-order valence-electron chi connectivity index (χ1n) is 10.2. The van der Waals surface area contributed by atoms with Crippen molar-refractivity contribution < 1.29 is 4.74 Å². The van der Waals surface area contributed by atoms with Gasteiger partial charge >= 0.3 is 0 Å². The number of imidazole rings is 1. The van der Waals surface area contributed by atoms with E-state index in [-0.39, 0.29) is 6.10 Å². The summed E-state index contributed by atoms with van der Waals surface area (Å²) in [6.45, 7) is 7.21. The minimum atomic E-state index is 0.237. The summed E-state index contributed by atoms with van der Waals surface area (Å²) in [5, 5.41) is 3.61. The summed E-state index contributed by atoms with van der Waals surface area (Å²) in [4.78, 5) is 19.3. The number of H-pyrrole nitrogens is 1. The largest absolute Gasteiger partial charge is 0.376 e. The number of hydrogen-bond donors (Lipinski definition) is 2. The molecule has 0 spiro atoms. The Labute approximate surface area is 161 Å². The lowest BCUT2D eigenvalue weighted by atomic mass is 9.94. The summed E-state index contributed by atoms with van der Waals surface area (Å²) >= 11 is 0. The van der Waals surface area contributed by atoms with Gasteiger partial charge in [0.2, 0.25) is 5.95 Å². The van der Waals surface area contributed by atoms with E-state index in [0.717, 1.165) is 63.0 Å². The van der Waals surface area contributed by atoms with Gasteiger partial charge in [-0.15, -0.1) is 0 Å². The maximum Gasteiger partial charge on any atom is 0.227 e. The van der Waals surface area contributed by atoms with Gasteiger partial charge < -0.3 is 19.9 Å². The molecule has 4 heterocycles. The molecule has 2 aliphatic rings. The van der Waals surface area contributed by atoms with Crippen molar-refractivity contribution in [3.05, 3.63) is 30.5 Å². The van der Waals surface area contributed by atoms with Crippen molar-refractivity contribution in [1.82, 2.24) is 19.9 Å². The van der Waals surface area contributed by atoms with Crippen LogP contribution in [0.4, 0.5) is 11.8 Å². The van der Waals surface area contributed by atoms with E-state index in [9.17, 15) is 0 Å². The highest BCUT2D eigenvalue weighted by Gasteiger charge is 2.29. The number of piperidine rings is 1. The monoisotopic (exact) mass is 370 g/mol. The van der Waals surface area contributed by atoms with Gasteiger partial charge in [0, 0.05) is 44.2 Å². The van der Waals surface area contributed by atoms with Crippen LogP contribution in [0.15, 0.2) is 24.7 Å². The molecule has 146 valence electrons. The molecule has 7 nitrogen and oxygen atoms in total. The van der Waals surface area contributed by atoms with Crippen LogP contribution in [0.1, 0.15) is 51.3 Å². The second-order valence-corrected chi connectivity index (χ2v) is 7.95. The van der Waals surface area contributed by atoms with E-state index < -0.39 is 0 Å². The minimum Gasteiger partial charge on any atom is -0.376 e. The molecule has 2 aromatic heterocycles. The summed E-state index contributed by atoms with van der Waals surface area (Å²) in [7, 11) is 0. The van der Waals surface area contributed by atoms with Gasteiger partial charge in [-0.05, 0) is 37.7 Å². The first-order chi connectivity index (χ1) is 13.2. The molecule has 7 heteroatoms. The van der Waals surface area contributed by atoms with Crippen LogP contribution in [-0.4, -0.2) is 51.8 Å². The molecule has 0 aromatic carbocycles. The summed E-state index contributed by atoms with van der Waals surface area (Å²) in [6, 6.07) is 2.27. The molecule has 4 rings (SSSR count). The first-order valence-corrected chi connectivity index (χ1v) is 10.2. The standard InChI is InChI=1S/C20H30N6O/c1-14(2)18-16(4-3-13-27-18)24-17-5-8-23-20(25-17)26-11-6-15(7-12-26)19-21-9-10-22-19/h5,8-10,14-16,18H,3-4,6-7,11-13H2,1-2H3,(H,21,22)(H,23,24,25)/t16-,18-/m1/s1. The van der Waals surface area contributed by atoms with Crippen LogP contribution in [0, 0.1) is 5.92 Å². The van der Waals surface area contributed by atoms with Crippen molar-refractivity contribution in [2.45, 2.75) is 57.6 Å². The Hall–Kier alpha value is -2.15. The fraction of sp³-hybridized carbons (Fsp3) is 0.650. The maximum atomic E-state index is 5.99. The van der Waals surface area contributed by atoms with Gasteiger partial charge in [0.05, 0.1) is 12.1 Å². The molecule has 0 aliphatic carbocycles. The van der Waals surface area contributed by atoms with Crippen LogP contribution in [0.3, 0.4) is 0 Å². The lowest BCUT2D eigenvalue weighted by Crippen LogP contribution is -2.43. The van der Waals surface area contributed by atoms with Gasteiger partial charge in [-0.25, -0.2) is 9.97 Å². The third-order valence-corrected chi connectivity index (χ3v) is 5.68. The topological polar surface area (TPSA) is 79.0 Å². The second kappa shape index (κ2) is 8.25. The SMILES string of the molecule is CC(C)[C@H]1OCCC[C@H]1Nc1ccnc(N2CCC(c3ncc[nH]3)CC2)n1. The zero-order valence-electron chi connectivity index (χ0n) is 16.3. The summed E-state index contributed by atoms with van der Waals surface area (Å²) in [5.74, 6) is 3.81. The molecule has 2 saturated heterocycles. The number of ether oxygens (including phenoxy) is 1. The van der Waals surface area contributed by atoms with Gasteiger partial charge in [0.25, 0.3) is 0 Å². The van der Waals surface area contributed by atoms with Crippen molar-refractivity contribution >= 4 is 11.8 Å². The first kappa shape index (κ1) is 18.2. The lowest BCUT2D eigenvalue weighted by Gasteiger charge is -2.35. The smallest absolute Gasteiger partial charge is 0.227 e. The fourth-order valence-corrected chi connectivity index (χ4v) is 4.24. The van der Waals surface area contributed by atoms with Crippen molar-refractivity contribution in [2.75, 3.05) is 29.9 Å². The van der Waals surface area contributed by atoms with E-state index in [2.05, 4.69) is 39.0 Å². The summed E-state index contributed by atoms with van der Waals surface area (Å²) in [6.07, 6.45) is 10.2. The third-order valence-electron chi connectivity index (χ3n) is 5.68. The van der Waals surface area contributed by atoms with Crippen LogP contribution < -0.4 is 10.2 Å². The average molecular weight is 371 g/mol. The van der Waals surface area contributed by atoms with Crippen LogP contribution in [0.5, 0.6) is 0 Å². The van der Waals surface area contributed by atoms with E-state index in [1.54, 1.807) is 0 Å². The van der Waals surface area contributed by atoms with E-state index in [1.165, 1.54) is 0 Å². The molecule has 2 aromatic rings. The Balaban J connectivity index is 1.39. The van der Waals surface area contributed by atoms with E-state index in [1.807, 2.05) is 24.7 Å². The molecule has 0 radical (unpaired) electrons. The molecule has 0 unspecified atom stereocenters. The Morgan fingerprint density at radius 1 is 1.19 bits per heavy atom. The van der Waals surface area contributed by atoms with Crippen LogP contribution in [-0.2, 0) is 4.74 Å². The summed E-state index contributed by atoms with van der Waals surface area (Å²) < 4.78 is 5.99. The normalized spacial score (nSPS) is 24.3. The zero-order valence-corrected chi connectivity index (χ0v) is 16.3. The van der Waals surface area contributed by atoms with Crippen LogP contribution >= 0.6 is 0 Å². The Kier molecular flexibility index (Phi) is 5.57. The van der Waals surface area contributed by atoms with Crippen LogP contribution in [0.25, 0.3) is 0 Å². The molecule has 2 N–H and O–H groups in total. The van der Waals surface area contributed by atoms with Gasteiger partial charge in [-0.2, -0.15) is 4.98 Å². The molecule has 2 atom stereocenters. The van der Waals surface area contributed by atoms with E-state index in [0.29, 0.717) is 17.9 Å². The quantitative estimate of drug-likeness (QED) is 0.841. The number of aromatic amines is 1. The highest BCUT2D eigenvalue weighted by atomic mass is 16.5. The predicted molar refractivity (Wildman–Crippen MR) is 106 cm³/mol. The average Bonchev–Trinajstić information content (AvgIpc) is 3.23. The Bertz CT molecular complexity index is 711. The molecule has 0 saturated carbocycles. The van der Waals surface area contributed by atoms with Gasteiger partial charge in [0.1, 0.15) is 11.6 Å². The van der Waals surface area contributed by atoms with Gasteiger partial charge in [-0.1, -0.05) is 13.8 Å². The lowest BCUT2D eigenvalue weighted by molar-refractivity contribution is -0.0203. The molecule has 27 heavy (non-hydrogen) atoms. The number of rotatable bonds is 5. The molecule has 2 fully saturated rings. The van der Waals surface area contributed by atoms with Crippen LogP contribution in [0.2, 0.25) is 0 Å². The van der Waals surface area contributed by atoms with Crippen molar-refractivity contribution in [3.63, 3.8) is 0 Å². The van der Waals surface area contributed by atoms with Crippen molar-refractivity contribution in [3.8, 4) is 0 Å². The van der Waals surface area contributed by atoms with Gasteiger partial charge in [0.15, 0.2) is 0 Å². The molecule has 0 bridgehead atoms. The Morgan fingerprint density at radius 2 is 2.04 bits per heavy atom. The molecular formula is C20H30N6O. The number of aromatic nitrogens is 4. The zero-order chi connectivity index (χ0) is 18.6. The van der Waals surface area contributed by atoms with E-state index in [4.69, 9.17) is 9.72 Å². The second-order valence-electron chi connectivity index (χ2n) is 7.95. The number of nitrogens with one attached hydrogen (secondary N) is 2.